The molecule has 1 aliphatic rings. The van der Waals surface area contributed by atoms with E-state index in [1.54, 1.807) is 44.4 Å². The zero-order valence-corrected chi connectivity index (χ0v) is 22.8. The molecule has 0 saturated heterocycles. The highest BCUT2D eigenvalue weighted by molar-refractivity contribution is 8.15. The van der Waals surface area contributed by atoms with Crippen molar-refractivity contribution >= 4 is 28.7 Å². The second kappa shape index (κ2) is 13.1. The van der Waals surface area contributed by atoms with Gasteiger partial charge in [0.1, 0.15) is 27.3 Å². The molecule has 1 aliphatic heterocycles. The first-order valence-electron chi connectivity index (χ1n) is 12.6. The molecule has 0 saturated carbocycles. The molecular weight excluding hydrogens is 534 g/mol. The second-order valence-corrected chi connectivity index (χ2v) is 10.1. The summed E-state index contributed by atoms with van der Waals surface area (Å²) < 4.78 is 35.0. The van der Waals surface area contributed by atoms with Crippen molar-refractivity contribution in [1.29, 1.82) is 5.26 Å². The Labute approximate surface area is 235 Å². The van der Waals surface area contributed by atoms with Gasteiger partial charge in [-0.1, -0.05) is 60.3 Å². The number of rotatable bonds is 9. The Morgan fingerprint density at radius 3 is 2.52 bits per heavy atom. The number of ether oxygens (including phenoxy) is 1. The van der Waals surface area contributed by atoms with E-state index in [4.69, 9.17) is 10.00 Å². The van der Waals surface area contributed by atoms with Crippen LogP contribution in [0.2, 0.25) is 0 Å². The monoisotopic (exact) mass is 562 g/mol. The predicted molar refractivity (Wildman–Crippen MR) is 151 cm³/mol. The van der Waals surface area contributed by atoms with Crippen LogP contribution in [0.15, 0.2) is 89.0 Å². The van der Waals surface area contributed by atoms with Gasteiger partial charge >= 0.3 is 0 Å². The van der Waals surface area contributed by atoms with Gasteiger partial charge in [-0.3, -0.25) is 4.79 Å². The third-order valence-corrected chi connectivity index (χ3v) is 7.62. The fourth-order valence-corrected chi connectivity index (χ4v) is 5.69. The highest BCUT2D eigenvalue weighted by atomic mass is 32.2. The summed E-state index contributed by atoms with van der Waals surface area (Å²) in [6.45, 7) is 2.05. The van der Waals surface area contributed by atoms with E-state index >= 15 is 0 Å². The molecule has 11 heteroatoms. The van der Waals surface area contributed by atoms with Gasteiger partial charge in [0.2, 0.25) is 12.2 Å². The molecule has 206 valence electrons. The van der Waals surface area contributed by atoms with Crippen molar-refractivity contribution in [3.63, 3.8) is 0 Å². The van der Waals surface area contributed by atoms with Crippen LogP contribution in [0, 0.1) is 23.1 Å². The van der Waals surface area contributed by atoms with Crippen LogP contribution in [0.4, 0.5) is 8.78 Å². The molecular formula is C29H28F2N6O2S. The number of nitrogens with one attached hydrogen (secondary N) is 2. The van der Waals surface area contributed by atoms with Crippen LogP contribution < -0.4 is 15.4 Å². The zero-order valence-electron chi connectivity index (χ0n) is 22.0. The molecule has 40 heavy (non-hydrogen) atoms. The first-order chi connectivity index (χ1) is 19.4. The van der Waals surface area contributed by atoms with Gasteiger partial charge in [0.05, 0.1) is 0 Å². The molecule has 0 spiro atoms. The molecule has 1 amide bonds. The lowest BCUT2D eigenvalue weighted by molar-refractivity contribution is -0.141. The van der Waals surface area contributed by atoms with Crippen molar-refractivity contribution in [2.75, 3.05) is 13.6 Å². The van der Waals surface area contributed by atoms with Crippen LogP contribution in [0.5, 0.6) is 5.75 Å². The second-order valence-electron chi connectivity index (χ2n) is 8.85. The van der Waals surface area contributed by atoms with Crippen LogP contribution in [0.1, 0.15) is 30.9 Å². The number of amides is 1. The number of carbonyl (C=O) groups excluding carboxylic acids is 1. The standard InChI is InChI=1S/C29H28F2N6O2S/c1-20(39-23-12-7-4-8-13-23)27(38)37-29(21-10-5-3-6-11-21,16-9-17-34-28(33-2)35-19-32)40-26(36-37)24-18-22(30)14-15-25(24)31/h3-8,10-15,18,20H,9,16-17H2,1-2H3,(H2,33,34,35). The minimum absolute atomic E-state index is 0.0333. The van der Waals surface area contributed by atoms with Crippen molar-refractivity contribution in [2.45, 2.75) is 30.7 Å². The molecule has 2 unspecified atom stereocenters. The summed E-state index contributed by atoms with van der Waals surface area (Å²) in [5.41, 5.74) is 0.726. The summed E-state index contributed by atoms with van der Waals surface area (Å²) in [6, 6.07) is 21.4. The lowest BCUT2D eigenvalue weighted by Gasteiger charge is -2.37. The number of thioether (sulfide) groups is 1. The topological polar surface area (TPSA) is 102 Å². The van der Waals surface area contributed by atoms with Crippen LogP contribution >= 0.6 is 11.8 Å². The van der Waals surface area contributed by atoms with Gasteiger partial charge in [-0.2, -0.15) is 10.4 Å². The van der Waals surface area contributed by atoms with E-state index in [2.05, 4.69) is 20.7 Å². The predicted octanol–water partition coefficient (Wildman–Crippen LogP) is 4.95. The Kier molecular flexibility index (Phi) is 9.35. The van der Waals surface area contributed by atoms with Crippen LogP contribution in [0.25, 0.3) is 0 Å². The van der Waals surface area contributed by atoms with Crippen LogP contribution in [0.3, 0.4) is 0 Å². The lowest BCUT2D eigenvalue weighted by atomic mass is 9.99. The minimum atomic E-state index is -1.09. The summed E-state index contributed by atoms with van der Waals surface area (Å²) in [5, 5.41) is 20.8. The van der Waals surface area contributed by atoms with Crippen molar-refractivity contribution < 1.29 is 18.3 Å². The van der Waals surface area contributed by atoms with Gasteiger partial charge in [-0.05, 0) is 55.7 Å². The number of hydrogen-bond acceptors (Lipinski definition) is 6. The Balaban J connectivity index is 1.72. The number of guanidine groups is 1. The molecule has 0 radical (unpaired) electrons. The summed E-state index contributed by atoms with van der Waals surface area (Å²) >= 11 is 1.19. The maximum absolute atomic E-state index is 14.9. The Morgan fingerprint density at radius 1 is 1.15 bits per heavy atom. The summed E-state index contributed by atoms with van der Waals surface area (Å²) in [4.78, 5) is 16.6. The number of nitriles is 1. The summed E-state index contributed by atoms with van der Waals surface area (Å²) in [7, 11) is 1.64. The third-order valence-electron chi connectivity index (χ3n) is 6.18. The van der Waals surface area contributed by atoms with E-state index in [-0.39, 0.29) is 10.6 Å². The summed E-state index contributed by atoms with van der Waals surface area (Å²) in [5.74, 6) is -0.878. The number of aliphatic imine (C=N–C) groups is 1. The van der Waals surface area contributed by atoms with E-state index in [0.29, 0.717) is 31.1 Å². The Morgan fingerprint density at radius 2 is 1.85 bits per heavy atom. The first kappa shape index (κ1) is 28.6. The summed E-state index contributed by atoms with van der Waals surface area (Å²) in [6.07, 6.45) is 1.70. The smallest absolute Gasteiger partial charge is 0.285 e. The molecule has 4 rings (SSSR count). The van der Waals surface area contributed by atoms with Gasteiger partial charge in [0.15, 0.2) is 6.10 Å². The molecule has 8 nitrogen and oxygen atoms in total. The quantitative estimate of drug-likeness (QED) is 0.166. The molecule has 0 bridgehead atoms. The third kappa shape index (κ3) is 6.40. The van der Waals surface area contributed by atoms with Crippen molar-refractivity contribution in [1.82, 2.24) is 15.6 Å². The van der Waals surface area contributed by atoms with Gasteiger partial charge in [0, 0.05) is 19.2 Å². The van der Waals surface area contributed by atoms with Crippen LogP contribution in [-0.4, -0.2) is 41.6 Å². The van der Waals surface area contributed by atoms with E-state index in [1.165, 1.54) is 16.8 Å². The molecule has 0 fully saturated rings. The van der Waals surface area contributed by atoms with E-state index in [0.717, 1.165) is 23.8 Å². The van der Waals surface area contributed by atoms with E-state index in [9.17, 15) is 13.6 Å². The minimum Gasteiger partial charge on any atom is -0.481 e. The number of halogens is 2. The number of nitrogens with zero attached hydrogens (tertiary/aromatic N) is 4. The van der Waals surface area contributed by atoms with Gasteiger partial charge in [-0.15, -0.1) is 4.99 Å². The first-order valence-corrected chi connectivity index (χ1v) is 13.4. The van der Waals surface area contributed by atoms with Crippen molar-refractivity contribution in [3.05, 3.63) is 102 Å². The zero-order chi connectivity index (χ0) is 28.5. The van der Waals surface area contributed by atoms with Crippen molar-refractivity contribution in [2.24, 2.45) is 10.1 Å². The molecule has 1 heterocycles. The maximum atomic E-state index is 14.9. The highest BCUT2D eigenvalue weighted by Gasteiger charge is 2.50. The molecule has 3 aromatic carbocycles. The Hall–Kier alpha value is -4.43. The molecule has 2 N–H and O–H groups in total. The molecule has 3 aromatic rings. The Bertz CT molecular complexity index is 1430. The average molecular weight is 563 g/mol. The van der Waals surface area contributed by atoms with E-state index in [1.807, 2.05) is 36.4 Å². The maximum Gasteiger partial charge on any atom is 0.285 e. The number of carbonyl (C=O) groups is 1. The molecule has 0 aliphatic carbocycles. The average Bonchev–Trinajstić information content (AvgIpc) is 3.37. The molecule has 2 atom stereocenters. The largest absolute Gasteiger partial charge is 0.481 e. The van der Waals surface area contributed by atoms with Gasteiger partial charge < -0.3 is 15.4 Å². The number of para-hydroxylation sites is 1. The van der Waals surface area contributed by atoms with Gasteiger partial charge in [-0.25, -0.2) is 13.8 Å². The van der Waals surface area contributed by atoms with Gasteiger partial charge in [0.25, 0.3) is 5.91 Å². The van der Waals surface area contributed by atoms with E-state index < -0.39 is 28.5 Å². The SMILES string of the molecule is CNC(=NC#N)NCCCC1(c2ccccc2)SC(c2cc(F)ccc2F)=NN1C(=O)C(C)Oc1ccccc1. The van der Waals surface area contributed by atoms with Crippen LogP contribution in [-0.2, 0) is 9.67 Å². The fraction of sp³-hybridized carbons (Fsp3) is 0.241. The molecule has 0 aromatic heterocycles. The normalized spacial score (nSPS) is 17.5. The number of hydrazone groups is 1. The highest BCUT2D eigenvalue weighted by Crippen LogP contribution is 2.51. The number of benzene rings is 3. The fourth-order valence-electron chi connectivity index (χ4n) is 4.27. The number of hydrogen-bond donors (Lipinski definition) is 2. The van der Waals surface area contributed by atoms with Crippen molar-refractivity contribution in [3.8, 4) is 11.9 Å². The lowest BCUT2D eigenvalue weighted by Crippen LogP contribution is -2.47.